The standard InChI is InChI=1S/C26H36N2O3/c1-7-23(26(30)27-19(4)5)28(16-21-13-9-8-12-20(21)6)25(29)17-31-24-15-11-10-14-22(24)18(2)3/h8-15,18-19,23H,7,16-17H2,1-6H3,(H,27,30). The molecule has 0 radical (unpaired) electrons. The predicted molar refractivity (Wildman–Crippen MR) is 125 cm³/mol. The van der Waals surface area contributed by atoms with Crippen LogP contribution in [0.15, 0.2) is 48.5 Å². The summed E-state index contributed by atoms with van der Waals surface area (Å²) in [6.45, 7) is 12.2. The number of rotatable bonds is 10. The van der Waals surface area contributed by atoms with E-state index >= 15 is 0 Å². The van der Waals surface area contributed by atoms with Crippen molar-refractivity contribution in [2.45, 2.75) is 72.5 Å². The highest BCUT2D eigenvalue weighted by Gasteiger charge is 2.29. The summed E-state index contributed by atoms with van der Waals surface area (Å²) in [5.74, 6) is 0.658. The van der Waals surface area contributed by atoms with Gasteiger partial charge in [-0.25, -0.2) is 0 Å². The molecule has 1 atom stereocenters. The maximum Gasteiger partial charge on any atom is 0.261 e. The summed E-state index contributed by atoms with van der Waals surface area (Å²) in [7, 11) is 0. The lowest BCUT2D eigenvalue weighted by atomic mass is 10.0. The van der Waals surface area contributed by atoms with Crippen LogP contribution in [0, 0.1) is 6.92 Å². The zero-order chi connectivity index (χ0) is 23.0. The molecule has 0 saturated heterocycles. The van der Waals surface area contributed by atoms with E-state index in [9.17, 15) is 9.59 Å². The van der Waals surface area contributed by atoms with E-state index in [1.54, 1.807) is 4.90 Å². The topological polar surface area (TPSA) is 58.6 Å². The maximum absolute atomic E-state index is 13.3. The van der Waals surface area contributed by atoms with Crippen molar-refractivity contribution in [3.63, 3.8) is 0 Å². The van der Waals surface area contributed by atoms with Gasteiger partial charge in [-0.2, -0.15) is 0 Å². The van der Waals surface area contributed by atoms with Crippen molar-refractivity contribution in [1.82, 2.24) is 10.2 Å². The van der Waals surface area contributed by atoms with Gasteiger partial charge in [0.25, 0.3) is 5.91 Å². The van der Waals surface area contributed by atoms with Crippen LogP contribution in [0.2, 0.25) is 0 Å². The normalized spacial score (nSPS) is 12.0. The summed E-state index contributed by atoms with van der Waals surface area (Å²) < 4.78 is 5.94. The Morgan fingerprint density at radius 2 is 1.65 bits per heavy atom. The molecule has 5 heteroatoms. The molecular formula is C26H36N2O3. The van der Waals surface area contributed by atoms with Gasteiger partial charge in [-0.3, -0.25) is 9.59 Å². The molecule has 1 unspecified atom stereocenters. The van der Waals surface area contributed by atoms with Gasteiger partial charge in [0.15, 0.2) is 6.61 Å². The third-order valence-electron chi connectivity index (χ3n) is 5.31. The molecule has 0 heterocycles. The first-order chi connectivity index (χ1) is 14.7. The number of carbonyl (C=O) groups excluding carboxylic acids is 2. The minimum absolute atomic E-state index is 0.00568. The molecule has 0 aromatic heterocycles. The number of para-hydroxylation sites is 1. The van der Waals surface area contributed by atoms with Crippen molar-refractivity contribution < 1.29 is 14.3 Å². The Labute approximate surface area is 186 Å². The fourth-order valence-corrected chi connectivity index (χ4v) is 3.58. The third-order valence-corrected chi connectivity index (χ3v) is 5.31. The van der Waals surface area contributed by atoms with Gasteiger partial charge in [0.05, 0.1) is 0 Å². The van der Waals surface area contributed by atoms with E-state index in [0.717, 1.165) is 16.7 Å². The van der Waals surface area contributed by atoms with E-state index in [4.69, 9.17) is 4.74 Å². The van der Waals surface area contributed by atoms with Crippen molar-refractivity contribution in [2.75, 3.05) is 6.61 Å². The van der Waals surface area contributed by atoms with E-state index in [1.807, 2.05) is 76.2 Å². The summed E-state index contributed by atoms with van der Waals surface area (Å²) >= 11 is 0. The van der Waals surface area contributed by atoms with E-state index in [1.165, 1.54) is 0 Å². The first-order valence-corrected chi connectivity index (χ1v) is 11.1. The van der Waals surface area contributed by atoms with E-state index in [2.05, 4.69) is 19.2 Å². The Morgan fingerprint density at radius 3 is 2.26 bits per heavy atom. The molecule has 2 aromatic carbocycles. The molecule has 168 valence electrons. The summed E-state index contributed by atoms with van der Waals surface area (Å²) in [5.41, 5.74) is 3.17. The molecule has 2 amide bonds. The number of nitrogens with zero attached hydrogens (tertiary/aromatic N) is 1. The van der Waals surface area contributed by atoms with Gasteiger partial charge in [0.2, 0.25) is 5.91 Å². The van der Waals surface area contributed by atoms with E-state index in [-0.39, 0.29) is 30.4 Å². The Bertz CT molecular complexity index is 876. The summed E-state index contributed by atoms with van der Waals surface area (Å²) in [6, 6.07) is 15.2. The van der Waals surface area contributed by atoms with Gasteiger partial charge in [0, 0.05) is 12.6 Å². The largest absolute Gasteiger partial charge is 0.483 e. The second-order valence-electron chi connectivity index (χ2n) is 8.52. The fourth-order valence-electron chi connectivity index (χ4n) is 3.58. The molecule has 5 nitrogen and oxygen atoms in total. The molecular weight excluding hydrogens is 388 g/mol. The van der Waals surface area contributed by atoms with Crippen molar-refractivity contribution in [3.8, 4) is 5.75 Å². The van der Waals surface area contributed by atoms with Crippen LogP contribution >= 0.6 is 0 Å². The van der Waals surface area contributed by atoms with Gasteiger partial charge < -0.3 is 15.0 Å². The third kappa shape index (κ3) is 6.84. The second-order valence-corrected chi connectivity index (χ2v) is 8.52. The highest BCUT2D eigenvalue weighted by atomic mass is 16.5. The molecule has 0 aliphatic carbocycles. The number of hydrogen-bond donors (Lipinski definition) is 1. The molecule has 0 spiro atoms. The fraction of sp³-hybridized carbons (Fsp3) is 0.462. The van der Waals surface area contributed by atoms with Crippen LogP contribution in [-0.2, 0) is 16.1 Å². The van der Waals surface area contributed by atoms with Crippen molar-refractivity contribution in [1.29, 1.82) is 0 Å². The minimum Gasteiger partial charge on any atom is -0.483 e. The SMILES string of the molecule is CCC(C(=O)NC(C)C)N(Cc1ccccc1C)C(=O)COc1ccccc1C(C)C. The molecule has 0 aliphatic rings. The summed E-state index contributed by atoms with van der Waals surface area (Å²) in [6.07, 6.45) is 0.527. The molecule has 1 N–H and O–H groups in total. The molecule has 0 aliphatic heterocycles. The first kappa shape index (κ1) is 24.4. The van der Waals surface area contributed by atoms with E-state index < -0.39 is 6.04 Å². The van der Waals surface area contributed by atoms with Crippen molar-refractivity contribution >= 4 is 11.8 Å². The van der Waals surface area contributed by atoms with Gasteiger partial charge >= 0.3 is 0 Å². The second kappa shape index (κ2) is 11.5. The van der Waals surface area contributed by atoms with Crippen LogP contribution in [0.25, 0.3) is 0 Å². The van der Waals surface area contributed by atoms with Gasteiger partial charge in [-0.05, 0) is 55.9 Å². The maximum atomic E-state index is 13.3. The lowest BCUT2D eigenvalue weighted by Crippen LogP contribution is -2.51. The summed E-state index contributed by atoms with van der Waals surface area (Å²) in [5, 5.41) is 2.95. The van der Waals surface area contributed by atoms with Crippen molar-refractivity contribution in [2.24, 2.45) is 0 Å². The highest BCUT2D eigenvalue weighted by molar-refractivity contribution is 5.88. The Kier molecular flexibility index (Phi) is 9.10. The van der Waals surface area contributed by atoms with Crippen LogP contribution in [0.4, 0.5) is 0 Å². The average Bonchev–Trinajstić information content (AvgIpc) is 2.72. The monoisotopic (exact) mass is 424 g/mol. The van der Waals surface area contributed by atoms with Crippen LogP contribution in [0.5, 0.6) is 5.75 Å². The molecule has 2 aromatic rings. The van der Waals surface area contributed by atoms with E-state index in [0.29, 0.717) is 18.7 Å². The van der Waals surface area contributed by atoms with Gasteiger partial charge in [0.1, 0.15) is 11.8 Å². The molecule has 2 rings (SSSR count). The number of ether oxygens (including phenoxy) is 1. The van der Waals surface area contributed by atoms with Crippen LogP contribution in [0.1, 0.15) is 63.6 Å². The zero-order valence-corrected chi connectivity index (χ0v) is 19.6. The number of aryl methyl sites for hydroxylation is 1. The van der Waals surface area contributed by atoms with Gasteiger partial charge in [-0.15, -0.1) is 0 Å². The number of carbonyl (C=O) groups is 2. The number of nitrogens with one attached hydrogen (secondary N) is 1. The van der Waals surface area contributed by atoms with Crippen LogP contribution in [0.3, 0.4) is 0 Å². The highest BCUT2D eigenvalue weighted by Crippen LogP contribution is 2.26. The lowest BCUT2D eigenvalue weighted by molar-refractivity contribution is -0.143. The van der Waals surface area contributed by atoms with Crippen LogP contribution in [-0.4, -0.2) is 35.4 Å². The molecule has 0 saturated carbocycles. The molecule has 31 heavy (non-hydrogen) atoms. The first-order valence-electron chi connectivity index (χ1n) is 11.1. The lowest BCUT2D eigenvalue weighted by Gasteiger charge is -2.31. The zero-order valence-electron chi connectivity index (χ0n) is 19.6. The smallest absolute Gasteiger partial charge is 0.261 e. The van der Waals surface area contributed by atoms with Crippen molar-refractivity contribution in [3.05, 3.63) is 65.2 Å². The van der Waals surface area contributed by atoms with Gasteiger partial charge in [-0.1, -0.05) is 63.2 Å². The summed E-state index contributed by atoms with van der Waals surface area (Å²) in [4.78, 5) is 27.9. The predicted octanol–water partition coefficient (Wildman–Crippen LogP) is 4.83. The number of amides is 2. The quantitative estimate of drug-likeness (QED) is 0.594. The number of benzene rings is 2. The Morgan fingerprint density at radius 1 is 1.00 bits per heavy atom. The molecule has 0 fully saturated rings. The Hall–Kier alpha value is -2.82. The average molecular weight is 425 g/mol. The number of hydrogen-bond acceptors (Lipinski definition) is 3. The molecule has 0 bridgehead atoms. The Balaban J connectivity index is 2.27. The van der Waals surface area contributed by atoms with Crippen LogP contribution < -0.4 is 10.1 Å². The minimum atomic E-state index is -0.557.